The lowest BCUT2D eigenvalue weighted by Gasteiger charge is -2.27. The number of aliphatic hydroxyl groups excluding tert-OH is 1. The molecule has 1 aromatic rings. The van der Waals surface area contributed by atoms with Gasteiger partial charge in [0, 0.05) is 19.2 Å². The SMILES string of the molecule is CO[C@]12C=C[C@@](CO)(O1)[C@H]1C(=O)N(c3ccc([N+](=O)[O-])cc3)C(=O)[C@H]12. The van der Waals surface area contributed by atoms with E-state index in [2.05, 4.69) is 0 Å². The zero-order valence-electron chi connectivity index (χ0n) is 13.1. The Labute approximate surface area is 141 Å². The molecule has 0 radical (unpaired) electrons. The molecule has 1 aromatic carbocycles. The number of carbonyl (C=O) groups is 2. The van der Waals surface area contributed by atoms with E-state index in [0.29, 0.717) is 0 Å². The average molecular weight is 346 g/mol. The first-order chi connectivity index (χ1) is 11.9. The third kappa shape index (κ3) is 1.82. The van der Waals surface area contributed by atoms with Gasteiger partial charge in [-0.3, -0.25) is 19.7 Å². The number of aliphatic hydroxyl groups is 1. The number of benzene rings is 1. The number of anilines is 1. The minimum Gasteiger partial charge on any atom is -0.393 e. The number of nitro benzene ring substituents is 1. The van der Waals surface area contributed by atoms with Crippen molar-refractivity contribution in [1.29, 1.82) is 0 Å². The second kappa shape index (κ2) is 4.94. The molecule has 3 aliphatic rings. The molecule has 0 aliphatic carbocycles. The Morgan fingerprint density at radius 2 is 1.88 bits per heavy atom. The summed E-state index contributed by atoms with van der Waals surface area (Å²) in [4.78, 5) is 37.0. The van der Waals surface area contributed by atoms with Crippen LogP contribution >= 0.6 is 0 Å². The van der Waals surface area contributed by atoms with Gasteiger partial charge in [0.1, 0.15) is 11.5 Å². The topological polar surface area (TPSA) is 119 Å². The van der Waals surface area contributed by atoms with Crippen LogP contribution in [0.1, 0.15) is 0 Å². The molecule has 0 unspecified atom stereocenters. The summed E-state index contributed by atoms with van der Waals surface area (Å²) in [6.07, 6.45) is 3.11. The number of non-ortho nitro benzene ring substituents is 1. The van der Waals surface area contributed by atoms with Crippen molar-refractivity contribution in [2.24, 2.45) is 11.8 Å². The molecule has 0 aromatic heterocycles. The van der Waals surface area contributed by atoms with Gasteiger partial charge >= 0.3 is 0 Å². The second-order valence-corrected chi connectivity index (χ2v) is 6.21. The van der Waals surface area contributed by atoms with Crippen molar-refractivity contribution in [2.45, 2.75) is 11.4 Å². The Morgan fingerprint density at radius 3 is 2.44 bits per heavy atom. The number of nitrogens with zero attached hydrogens (tertiary/aromatic N) is 2. The summed E-state index contributed by atoms with van der Waals surface area (Å²) < 4.78 is 11.1. The largest absolute Gasteiger partial charge is 0.393 e. The van der Waals surface area contributed by atoms with Gasteiger partial charge in [-0.1, -0.05) is 0 Å². The third-order valence-corrected chi connectivity index (χ3v) is 5.10. The van der Waals surface area contributed by atoms with Gasteiger partial charge in [0.25, 0.3) is 5.69 Å². The predicted octanol–water partition coefficient (Wildman–Crippen LogP) is 0.374. The van der Waals surface area contributed by atoms with E-state index in [9.17, 15) is 24.8 Å². The fourth-order valence-corrected chi connectivity index (χ4v) is 3.92. The zero-order chi connectivity index (χ0) is 18.0. The van der Waals surface area contributed by atoms with Gasteiger partial charge in [0.05, 0.1) is 23.1 Å². The maximum Gasteiger partial charge on any atom is 0.269 e. The number of imide groups is 1. The Bertz CT molecular complexity index is 782. The smallest absolute Gasteiger partial charge is 0.269 e. The highest BCUT2D eigenvalue weighted by Crippen LogP contribution is 2.57. The molecule has 0 saturated carbocycles. The average Bonchev–Trinajstić information content (AvgIpc) is 3.23. The van der Waals surface area contributed by atoms with Crippen LogP contribution in [0.15, 0.2) is 36.4 Å². The van der Waals surface area contributed by atoms with Crippen LogP contribution in [0.3, 0.4) is 0 Å². The van der Waals surface area contributed by atoms with Crippen LogP contribution in [0.2, 0.25) is 0 Å². The van der Waals surface area contributed by atoms with Crippen LogP contribution in [-0.2, 0) is 19.1 Å². The van der Waals surface area contributed by atoms with Crippen LogP contribution < -0.4 is 4.90 Å². The van der Waals surface area contributed by atoms with Crippen molar-refractivity contribution in [3.63, 3.8) is 0 Å². The van der Waals surface area contributed by atoms with E-state index in [1.165, 1.54) is 31.4 Å². The molecule has 25 heavy (non-hydrogen) atoms. The van der Waals surface area contributed by atoms with Gasteiger partial charge in [0.2, 0.25) is 17.6 Å². The zero-order valence-corrected chi connectivity index (χ0v) is 13.1. The number of methoxy groups -OCH3 is 1. The first kappa shape index (κ1) is 15.9. The lowest BCUT2D eigenvalue weighted by Crippen LogP contribution is -2.43. The summed E-state index contributed by atoms with van der Waals surface area (Å²) in [5, 5.41) is 20.5. The Hall–Kier alpha value is -2.62. The normalized spacial score (nSPS) is 35.5. The monoisotopic (exact) mass is 346 g/mol. The van der Waals surface area contributed by atoms with E-state index < -0.39 is 46.6 Å². The van der Waals surface area contributed by atoms with Crippen LogP contribution in [0.25, 0.3) is 0 Å². The number of fused-ring (bicyclic) bond motifs is 5. The molecule has 3 aliphatic heterocycles. The molecule has 4 atom stereocenters. The number of hydrogen-bond donors (Lipinski definition) is 1. The van der Waals surface area contributed by atoms with E-state index in [-0.39, 0.29) is 11.4 Å². The minimum atomic E-state index is -1.39. The van der Waals surface area contributed by atoms with Crippen LogP contribution in [0, 0.1) is 22.0 Å². The molecule has 2 bridgehead atoms. The molecule has 2 fully saturated rings. The van der Waals surface area contributed by atoms with Crippen LogP contribution in [-0.4, -0.2) is 46.9 Å². The van der Waals surface area contributed by atoms with Gasteiger partial charge in [-0.15, -0.1) is 0 Å². The van der Waals surface area contributed by atoms with Crippen LogP contribution in [0.5, 0.6) is 0 Å². The molecule has 130 valence electrons. The Morgan fingerprint density at radius 1 is 1.24 bits per heavy atom. The first-order valence-electron chi connectivity index (χ1n) is 7.58. The number of nitro groups is 1. The molecule has 4 rings (SSSR count). The maximum absolute atomic E-state index is 12.9. The number of rotatable bonds is 4. The highest BCUT2D eigenvalue weighted by Gasteiger charge is 2.74. The van der Waals surface area contributed by atoms with E-state index in [4.69, 9.17) is 9.47 Å². The number of ether oxygens (including phenoxy) is 2. The fourth-order valence-electron chi connectivity index (χ4n) is 3.92. The Balaban J connectivity index is 1.76. The summed E-state index contributed by atoms with van der Waals surface area (Å²) in [5.41, 5.74) is -1.22. The molecule has 1 N–H and O–H groups in total. The maximum atomic E-state index is 12.9. The van der Waals surface area contributed by atoms with Gasteiger partial charge < -0.3 is 14.6 Å². The predicted molar refractivity (Wildman–Crippen MR) is 82.4 cm³/mol. The van der Waals surface area contributed by atoms with Gasteiger partial charge in [-0.25, -0.2) is 4.90 Å². The van der Waals surface area contributed by atoms with E-state index in [1.807, 2.05) is 0 Å². The highest BCUT2D eigenvalue weighted by molar-refractivity contribution is 6.23. The van der Waals surface area contributed by atoms with Gasteiger partial charge in [-0.2, -0.15) is 0 Å². The molecular weight excluding hydrogens is 332 g/mol. The third-order valence-electron chi connectivity index (χ3n) is 5.10. The molecule has 9 nitrogen and oxygen atoms in total. The second-order valence-electron chi connectivity index (χ2n) is 6.21. The quantitative estimate of drug-likeness (QED) is 0.362. The molecule has 2 saturated heterocycles. The number of hydrogen-bond acceptors (Lipinski definition) is 7. The summed E-state index contributed by atoms with van der Waals surface area (Å²) in [5.74, 6) is -4.27. The van der Waals surface area contributed by atoms with E-state index in [0.717, 1.165) is 4.90 Å². The summed E-state index contributed by atoms with van der Waals surface area (Å²) in [7, 11) is 1.37. The van der Waals surface area contributed by atoms with Gasteiger partial charge in [-0.05, 0) is 24.3 Å². The lowest BCUT2D eigenvalue weighted by atomic mass is 9.76. The summed E-state index contributed by atoms with van der Waals surface area (Å²) >= 11 is 0. The van der Waals surface area contributed by atoms with Crippen molar-refractivity contribution >= 4 is 23.2 Å². The standard InChI is InChI=1S/C16H14N2O7/c1-24-16-7-6-15(8-19,25-16)11-12(16)14(21)17(13(11)20)9-2-4-10(5-3-9)18(22)23/h2-7,11-12,19H,8H2,1H3/t11-,12+,15+,16-/m1/s1. The lowest BCUT2D eigenvalue weighted by molar-refractivity contribution is -0.384. The highest BCUT2D eigenvalue weighted by atomic mass is 16.7. The van der Waals surface area contributed by atoms with Crippen molar-refractivity contribution in [2.75, 3.05) is 18.6 Å². The Kier molecular flexibility index (Phi) is 3.14. The molecule has 0 spiro atoms. The molecular formula is C16H14N2O7. The first-order valence-corrected chi connectivity index (χ1v) is 7.58. The molecule has 3 heterocycles. The van der Waals surface area contributed by atoms with Crippen molar-refractivity contribution in [1.82, 2.24) is 0 Å². The molecule has 9 heteroatoms. The summed E-state index contributed by atoms with van der Waals surface area (Å²) in [6, 6.07) is 5.13. The number of carbonyl (C=O) groups excluding carboxylic acids is 2. The van der Waals surface area contributed by atoms with Crippen molar-refractivity contribution in [3.05, 3.63) is 46.5 Å². The number of amides is 2. The van der Waals surface area contributed by atoms with E-state index >= 15 is 0 Å². The molecule has 2 amide bonds. The van der Waals surface area contributed by atoms with Crippen LogP contribution in [0.4, 0.5) is 11.4 Å². The van der Waals surface area contributed by atoms with Crippen molar-refractivity contribution < 1.29 is 29.1 Å². The fraction of sp³-hybridized carbons (Fsp3) is 0.375. The van der Waals surface area contributed by atoms with Gasteiger partial charge in [0.15, 0.2) is 0 Å². The van der Waals surface area contributed by atoms with E-state index in [1.54, 1.807) is 12.2 Å². The van der Waals surface area contributed by atoms with Crippen molar-refractivity contribution in [3.8, 4) is 0 Å². The minimum absolute atomic E-state index is 0.145. The summed E-state index contributed by atoms with van der Waals surface area (Å²) in [6.45, 7) is -0.469.